The lowest BCUT2D eigenvalue weighted by molar-refractivity contribution is 0.598. The smallest absolute Gasteiger partial charge is 0.238 e. The number of sulfonamides is 1. The van der Waals surface area contributed by atoms with E-state index in [2.05, 4.69) is 10.4 Å². The van der Waals surface area contributed by atoms with Crippen LogP contribution < -0.4 is 10.5 Å². The van der Waals surface area contributed by atoms with Crippen LogP contribution in [0.25, 0.3) is 0 Å². The molecule has 0 radical (unpaired) electrons. The first-order valence-electron chi connectivity index (χ1n) is 6.15. The quantitative estimate of drug-likeness (QED) is 0.889. The number of nitrogens with two attached hydrogens (primary N) is 1. The van der Waals surface area contributed by atoms with Gasteiger partial charge in [0.25, 0.3) is 0 Å². The summed E-state index contributed by atoms with van der Waals surface area (Å²) >= 11 is 0. The van der Waals surface area contributed by atoms with Crippen LogP contribution in [-0.4, -0.2) is 18.2 Å². The molecule has 6 nitrogen and oxygen atoms in total. The minimum absolute atomic E-state index is 0.0992. The van der Waals surface area contributed by atoms with Crippen molar-refractivity contribution >= 4 is 15.7 Å². The van der Waals surface area contributed by atoms with E-state index >= 15 is 0 Å². The third kappa shape index (κ3) is 3.00. The second kappa shape index (κ2) is 5.26. The summed E-state index contributed by atoms with van der Waals surface area (Å²) < 4.78 is 24.4. The van der Waals surface area contributed by atoms with Crippen LogP contribution in [0.4, 0.5) is 5.69 Å². The van der Waals surface area contributed by atoms with Gasteiger partial charge in [-0.15, -0.1) is 0 Å². The maximum atomic E-state index is 11.3. The van der Waals surface area contributed by atoms with Crippen LogP contribution in [-0.2, 0) is 23.6 Å². The molecule has 0 bridgehead atoms. The van der Waals surface area contributed by atoms with E-state index in [0.717, 1.165) is 17.0 Å². The van der Waals surface area contributed by atoms with Crippen LogP contribution in [0.15, 0.2) is 29.2 Å². The van der Waals surface area contributed by atoms with Gasteiger partial charge < -0.3 is 5.32 Å². The number of aromatic nitrogens is 2. The topological polar surface area (TPSA) is 90.0 Å². The van der Waals surface area contributed by atoms with Crippen LogP contribution in [0.1, 0.15) is 17.0 Å². The van der Waals surface area contributed by atoms with Crippen molar-refractivity contribution in [2.24, 2.45) is 12.2 Å². The molecule has 0 spiro atoms. The van der Waals surface area contributed by atoms with Gasteiger partial charge in [-0.05, 0) is 32.0 Å². The van der Waals surface area contributed by atoms with Crippen LogP contribution in [0.5, 0.6) is 0 Å². The fourth-order valence-corrected chi connectivity index (χ4v) is 2.61. The number of aryl methyl sites for hydroxylation is 2. The van der Waals surface area contributed by atoms with Gasteiger partial charge in [0, 0.05) is 30.5 Å². The molecule has 1 aromatic carbocycles. The number of benzene rings is 1. The van der Waals surface area contributed by atoms with Crippen LogP contribution in [0.2, 0.25) is 0 Å². The molecule has 0 aliphatic rings. The van der Waals surface area contributed by atoms with Gasteiger partial charge >= 0.3 is 0 Å². The van der Waals surface area contributed by atoms with E-state index in [0.29, 0.717) is 12.2 Å². The molecule has 1 heterocycles. The number of rotatable bonds is 4. The number of primary sulfonamides is 1. The first-order chi connectivity index (χ1) is 9.29. The minimum Gasteiger partial charge on any atom is -0.381 e. The number of hydrogen-bond donors (Lipinski definition) is 2. The Morgan fingerprint density at radius 2 is 2.05 bits per heavy atom. The molecule has 2 rings (SSSR count). The van der Waals surface area contributed by atoms with Gasteiger partial charge in [0.2, 0.25) is 10.0 Å². The SMILES string of the molecule is Cc1nn(C)c(C)c1CNc1cccc(S(N)(=O)=O)c1. The van der Waals surface area contributed by atoms with Crippen LogP contribution >= 0.6 is 0 Å². The molecule has 1 aromatic heterocycles. The molecule has 0 saturated heterocycles. The first kappa shape index (κ1) is 14.5. The second-order valence-electron chi connectivity index (χ2n) is 4.70. The van der Waals surface area contributed by atoms with Crippen molar-refractivity contribution in [2.45, 2.75) is 25.3 Å². The zero-order valence-electron chi connectivity index (χ0n) is 11.7. The highest BCUT2D eigenvalue weighted by molar-refractivity contribution is 7.89. The fraction of sp³-hybridized carbons (Fsp3) is 0.308. The standard InChI is InChI=1S/C13H18N4O2S/c1-9-13(10(2)17(3)16-9)8-15-11-5-4-6-12(7-11)20(14,18)19/h4-7,15H,8H2,1-3H3,(H2,14,18,19). The Balaban J connectivity index is 2.19. The van der Waals surface area contributed by atoms with Gasteiger partial charge in [0.15, 0.2) is 0 Å². The summed E-state index contributed by atoms with van der Waals surface area (Å²) in [6.45, 7) is 4.53. The fourth-order valence-electron chi connectivity index (χ4n) is 2.05. The molecular weight excluding hydrogens is 276 g/mol. The van der Waals surface area contributed by atoms with Gasteiger partial charge in [-0.25, -0.2) is 13.6 Å². The largest absolute Gasteiger partial charge is 0.381 e. The lowest BCUT2D eigenvalue weighted by atomic mass is 10.2. The highest BCUT2D eigenvalue weighted by atomic mass is 32.2. The number of anilines is 1. The van der Waals surface area contributed by atoms with E-state index in [1.54, 1.807) is 12.1 Å². The van der Waals surface area contributed by atoms with Crippen LogP contribution in [0.3, 0.4) is 0 Å². The van der Waals surface area contributed by atoms with Gasteiger partial charge in [-0.3, -0.25) is 4.68 Å². The van der Waals surface area contributed by atoms with Gasteiger partial charge in [0.05, 0.1) is 10.6 Å². The monoisotopic (exact) mass is 294 g/mol. The zero-order valence-corrected chi connectivity index (χ0v) is 12.5. The molecule has 20 heavy (non-hydrogen) atoms. The Bertz CT molecular complexity index is 735. The number of hydrogen-bond acceptors (Lipinski definition) is 4. The van der Waals surface area contributed by atoms with Crippen molar-refractivity contribution in [3.8, 4) is 0 Å². The van der Waals surface area contributed by atoms with Crippen molar-refractivity contribution in [1.29, 1.82) is 0 Å². The molecule has 7 heteroatoms. The Morgan fingerprint density at radius 1 is 1.35 bits per heavy atom. The average Bonchev–Trinajstić information content (AvgIpc) is 2.61. The van der Waals surface area contributed by atoms with E-state index in [4.69, 9.17) is 5.14 Å². The van der Waals surface area contributed by atoms with E-state index in [9.17, 15) is 8.42 Å². The summed E-state index contributed by atoms with van der Waals surface area (Å²) in [5, 5.41) is 12.7. The molecule has 0 atom stereocenters. The summed E-state index contributed by atoms with van der Waals surface area (Å²) in [5.74, 6) is 0. The molecule has 0 amide bonds. The summed E-state index contributed by atoms with van der Waals surface area (Å²) in [7, 11) is -1.78. The lowest BCUT2D eigenvalue weighted by Crippen LogP contribution is -2.12. The van der Waals surface area contributed by atoms with E-state index in [-0.39, 0.29) is 4.90 Å². The molecule has 0 aliphatic carbocycles. The highest BCUT2D eigenvalue weighted by Gasteiger charge is 2.10. The first-order valence-corrected chi connectivity index (χ1v) is 7.69. The Kier molecular flexibility index (Phi) is 3.82. The average molecular weight is 294 g/mol. The van der Waals surface area contributed by atoms with E-state index in [1.165, 1.54) is 12.1 Å². The van der Waals surface area contributed by atoms with Crippen molar-refractivity contribution in [1.82, 2.24) is 9.78 Å². The molecule has 0 saturated carbocycles. The summed E-state index contributed by atoms with van der Waals surface area (Å²) in [4.78, 5) is 0.0992. The van der Waals surface area contributed by atoms with Crippen LogP contribution in [0, 0.1) is 13.8 Å². The normalized spacial score (nSPS) is 11.6. The number of nitrogens with zero attached hydrogens (tertiary/aromatic N) is 2. The van der Waals surface area contributed by atoms with E-state index < -0.39 is 10.0 Å². The molecule has 0 unspecified atom stereocenters. The van der Waals surface area contributed by atoms with Crippen molar-refractivity contribution in [3.63, 3.8) is 0 Å². The van der Waals surface area contributed by atoms with Crippen molar-refractivity contribution < 1.29 is 8.42 Å². The highest BCUT2D eigenvalue weighted by Crippen LogP contribution is 2.17. The minimum atomic E-state index is -3.68. The molecular formula is C13H18N4O2S. The van der Waals surface area contributed by atoms with E-state index in [1.807, 2.05) is 25.6 Å². The predicted octanol–water partition coefficient (Wildman–Crippen LogP) is 1.30. The Hall–Kier alpha value is -1.86. The maximum Gasteiger partial charge on any atom is 0.238 e. The summed E-state index contributed by atoms with van der Waals surface area (Å²) in [6.07, 6.45) is 0. The van der Waals surface area contributed by atoms with Gasteiger partial charge in [-0.2, -0.15) is 5.10 Å². The maximum absolute atomic E-state index is 11.3. The molecule has 108 valence electrons. The molecule has 0 aliphatic heterocycles. The molecule has 2 aromatic rings. The number of nitrogens with one attached hydrogen (secondary N) is 1. The third-order valence-corrected chi connectivity index (χ3v) is 4.20. The van der Waals surface area contributed by atoms with Gasteiger partial charge in [0.1, 0.15) is 0 Å². The lowest BCUT2D eigenvalue weighted by Gasteiger charge is -2.08. The molecule has 0 fully saturated rings. The predicted molar refractivity (Wildman–Crippen MR) is 77.8 cm³/mol. The second-order valence-corrected chi connectivity index (χ2v) is 6.26. The van der Waals surface area contributed by atoms with Crippen molar-refractivity contribution in [2.75, 3.05) is 5.32 Å². The Morgan fingerprint density at radius 3 is 2.60 bits per heavy atom. The Labute approximate surface area is 118 Å². The summed E-state index contributed by atoms with van der Waals surface area (Å²) in [5.41, 5.74) is 3.85. The molecule has 3 N–H and O–H groups in total. The van der Waals surface area contributed by atoms with Crippen molar-refractivity contribution in [3.05, 3.63) is 41.2 Å². The summed E-state index contributed by atoms with van der Waals surface area (Å²) in [6, 6.07) is 6.46. The van der Waals surface area contributed by atoms with Gasteiger partial charge in [-0.1, -0.05) is 6.07 Å². The third-order valence-electron chi connectivity index (χ3n) is 3.29. The zero-order chi connectivity index (χ0) is 14.9.